The Morgan fingerprint density at radius 1 is 1.12 bits per heavy atom. The number of hydrogen-bond acceptors (Lipinski definition) is 4. The molecule has 2 aromatic carbocycles. The summed E-state index contributed by atoms with van der Waals surface area (Å²) in [6.07, 6.45) is 0. The van der Waals surface area contributed by atoms with Gasteiger partial charge in [0.05, 0.1) is 22.8 Å². The second-order valence-electron chi connectivity index (χ2n) is 6.25. The van der Waals surface area contributed by atoms with E-state index in [-0.39, 0.29) is 17.4 Å². The van der Waals surface area contributed by atoms with Gasteiger partial charge in [-0.3, -0.25) is 0 Å². The number of ether oxygens (including phenoxy) is 1. The maximum Gasteiger partial charge on any atom is 0.183 e. The first-order valence-corrected chi connectivity index (χ1v) is 9.27. The zero-order chi connectivity index (χ0) is 17.4. The van der Waals surface area contributed by atoms with Crippen LogP contribution in [0.1, 0.15) is 17.0 Å². The van der Waals surface area contributed by atoms with Crippen molar-refractivity contribution in [2.45, 2.75) is 23.0 Å². The van der Waals surface area contributed by atoms with Crippen LogP contribution in [0.15, 0.2) is 59.5 Å². The monoisotopic (exact) mass is 341 g/mol. The van der Waals surface area contributed by atoms with E-state index in [4.69, 9.17) is 4.74 Å². The van der Waals surface area contributed by atoms with E-state index in [0.29, 0.717) is 0 Å². The third kappa shape index (κ3) is 2.52. The molecule has 0 heterocycles. The molecular formula is C19H19NO3S. The van der Waals surface area contributed by atoms with Crippen LogP contribution in [0.2, 0.25) is 0 Å². The van der Waals surface area contributed by atoms with Gasteiger partial charge >= 0.3 is 0 Å². The molecule has 3 atom stereocenters. The fourth-order valence-corrected chi connectivity index (χ4v) is 5.77. The first-order valence-electron chi connectivity index (χ1n) is 7.73. The number of hydrogen-bond donors (Lipinski definition) is 0. The number of benzene rings is 2. The highest BCUT2D eigenvalue weighted by molar-refractivity contribution is 7.92. The third-order valence-electron chi connectivity index (χ3n) is 4.69. The summed E-state index contributed by atoms with van der Waals surface area (Å²) in [6.45, 7) is 2.07. The van der Waals surface area contributed by atoms with E-state index >= 15 is 0 Å². The number of sulfone groups is 1. The molecule has 124 valence electrons. The maximum atomic E-state index is 13.1. The van der Waals surface area contributed by atoms with Crippen LogP contribution in [0.3, 0.4) is 0 Å². The summed E-state index contributed by atoms with van der Waals surface area (Å²) in [4.78, 5) is 0.250. The molecule has 0 amide bonds. The Kier molecular flexibility index (Phi) is 4.20. The number of rotatable bonds is 5. The molecule has 24 heavy (non-hydrogen) atoms. The van der Waals surface area contributed by atoms with Crippen molar-refractivity contribution in [3.8, 4) is 6.07 Å². The minimum Gasteiger partial charge on any atom is -0.383 e. The van der Waals surface area contributed by atoms with Gasteiger partial charge in [-0.15, -0.1) is 0 Å². The number of nitriles is 1. The van der Waals surface area contributed by atoms with E-state index in [1.54, 1.807) is 30.3 Å². The Morgan fingerprint density at radius 3 is 2.29 bits per heavy atom. The van der Waals surface area contributed by atoms with E-state index in [1.165, 1.54) is 7.11 Å². The lowest BCUT2D eigenvalue weighted by Crippen LogP contribution is -2.19. The molecule has 0 bridgehead atoms. The fraction of sp³-hybridized carbons (Fsp3) is 0.316. The van der Waals surface area contributed by atoms with Gasteiger partial charge in [-0.2, -0.15) is 5.26 Å². The molecule has 0 saturated heterocycles. The predicted molar refractivity (Wildman–Crippen MR) is 91.3 cm³/mol. The summed E-state index contributed by atoms with van der Waals surface area (Å²) in [5, 5.41) is 8.97. The Morgan fingerprint density at radius 2 is 1.75 bits per heavy atom. The zero-order valence-corrected chi connectivity index (χ0v) is 14.5. The van der Waals surface area contributed by atoms with Crippen molar-refractivity contribution >= 4 is 9.84 Å². The molecule has 1 fully saturated rings. The van der Waals surface area contributed by atoms with Crippen LogP contribution < -0.4 is 0 Å². The number of aryl methyl sites for hydroxylation is 1. The summed E-state index contributed by atoms with van der Waals surface area (Å²) in [5.41, 5.74) is 0.915. The van der Waals surface area contributed by atoms with Crippen molar-refractivity contribution in [2.24, 2.45) is 5.41 Å². The van der Waals surface area contributed by atoms with Crippen LogP contribution >= 0.6 is 0 Å². The van der Waals surface area contributed by atoms with Gasteiger partial charge in [-0.05, 0) is 24.6 Å². The first-order chi connectivity index (χ1) is 11.5. The lowest BCUT2D eigenvalue weighted by atomic mass is 10.0. The van der Waals surface area contributed by atoms with E-state index in [2.05, 4.69) is 6.07 Å². The topological polar surface area (TPSA) is 67.2 Å². The molecule has 5 heteroatoms. The Labute approximate surface area is 142 Å². The summed E-state index contributed by atoms with van der Waals surface area (Å²) in [7, 11) is -2.12. The largest absolute Gasteiger partial charge is 0.383 e. The number of methoxy groups -OCH3 is 1. The van der Waals surface area contributed by atoms with Gasteiger partial charge in [0, 0.05) is 13.0 Å². The van der Waals surface area contributed by atoms with Crippen molar-refractivity contribution in [1.29, 1.82) is 5.26 Å². The minimum absolute atomic E-state index is 0.0960. The highest BCUT2D eigenvalue weighted by Gasteiger charge is 2.72. The molecule has 0 N–H and O–H groups in total. The quantitative estimate of drug-likeness (QED) is 0.838. The van der Waals surface area contributed by atoms with Gasteiger partial charge in [0.2, 0.25) is 0 Å². The average molecular weight is 341 g/mol. The lowest BCUT2D eigenvalue weighted by molar-refractivity contribution is 0.162. The van der Waals surface area contributed by atoms with Gasteiger partial charge in [0.1, 0.15) is 5.41 Å². The van der Waals surface area contributed by atoms with Crippen molar-refractivity contribution in [2.75, 3.05) is 13.7 Å². The Balaban J connectivity index is 2.08. The van der Waals surface area contributed by atoms with Crippen LogP contribution in [-0.2, 0) is 14.6 Å². The van der Waals surface area contributed by atoms with Crippen molar-refractivity contribution in [3.05, 3.63) is 65.7 Å². The minimum atomic E-state index is -3.62. The van der Waals surface area contributed by atoms with Crippen LogP contribution in [0.25, 0.3) is 0 Å². The molecule has 3 unspecified atom stereocenters. The molecule has 3 rings (SSSR count). The van der Waals surface area contributed by atoms with E-state index in [0.717, 1.165) is 11.1 Å². The van der Waals surface area contributed by atoms with Crippen molar-refractivity contribution < 1.29 is 13.2 Å². The SMILES string of the molecule is COCC1(C#N)C(c2ccc(C)cc2)C1S(=O)(=O)c1ccccc1. The summed E-state index contributed by atoms with van der Waals surface area (Å²) in [6, 6.07) is 18.2. The predicted octanol–water partition coefficient (Wildman–Crippen LogP) is 3.09. The van der Waals surface area contributed by atoms with E-state index < -0.39 is 20.5 Å². The van der Waals surface area contributed by atoms with Crippen molar-refractivity contribution in [1.82, 2.24) is 0 Å². The fourth-order valence-electron chi connectivity index (χ4n) is 3.44. The second-order valence-corrected chi connectivity index (χ2v) is 8.32. The lowest BCUT2D eigenvalue weighted by Gasteiger charge is -2.08. The Hall–Kier alpha value is -2.16. The van der Waals surface area contributed by atoms with Gasteiger partial charge in [0.15, 0.2) is 9.84 Å². The number of nitrogens with zero attached hydrogens (tertiary/aromatic N) is 1. The van der Waals surface area contributed by atoms with Crippen LogP contribution in [-0.4, -0.2) is 27.4 Å². The zero-order valence-electron chi connectivity index (χ0n) is 13.6. The maximum absolute atomic E-state index is 13.1. The van der Waals surface area contributed by atoms with Crippen LogP contribution in [0, 0.1) is 23.7 Å². The average Bonchev–Trinajstić information content (AvgIpc) is 3.26. The molecule has 0 aliphatic heterocycles. The van der Waals surface area contributed by atoms with E-state index in [9.17, 15) is 13.7 Å². The van der Waals surface area contributed by atoms with Crippen LogP contribution in [0.4, 0.5) is 0 Å². The smallest absolute Gasteiger partial charge is 0.183 e. The molecular weight excluding hydrogens is 322 g/mol. The molecule has 1 saturated carbocycles. The normalized spacial score (nSPS) is 25.9. The Bertz CT molecular complexity index is 869. The molecule has 0 aromatic heterocycles. The highest BCUT2D eigenvalue weighted by atomic mass is 32.2. The molecule has 1 aliphatic rings. The summed E-state index contributed by atoms with van der Waals surface area (Å²) in [5.74, 6) is -0.381. The van der Waals surface area contributed by atoms with Crippen LogP contribution in [0.5, 0.6) is 0 Å². The van der Waals surface area contributed by atoms with Gasteiger partial charge < -0.3 is 4.74 Å². The molecule has 2 aromatic rings. The van der Waals surface area contributed by atoms with Gasteiger partial charge in [-0.25, -0.2) is 8.42 Å². The van der Waals surface area contributed by atoms with Crippen molar-refractivity contribution in [3.63, 3.8) is 0 Å². The van der Waals surface area contributed by atoms with Gasteiger partial charge in [0.25, 0.3) is 0 Å². The highest BCUT2D eigenvalue weighted by Crippen LogP contribution is 2.63. The molecule has 1 aliphatic carbocycles. The van der Waals surface area contributed by atoms with Gasteiger partial charge in [-0.1, -0.05) is 48.0 Å². The van der Waals surface area contributed by atoms with E-state index in [1.807, 2.05) is 31.2 Å². The second kappa shape index (κ2) is 6.04. The molecule has 0 radical (unpaired) electrons. The standard InChI is InChI=1S/C19H19NO3S/c1-14-8-10-15(11-9-14)17-18(19(17,12-20)13-23-2)24(21,22)16-6-4-3-5-7-16/h3-11,17-18H,13H2,1-2H3. The summed E-state index contributed by atoms with van der Waals surface area (Å²) < 4.78 is 31.4. The third-order valence-corrected chi connectivity index (χ3v) is 6.98. The molecule has 4 nitrogen and oxygen atoms in total. The first kappa shape index (κ1) is 16.7. The molecule has 0 spiro atoms. The summed E-state index contributed by atoms with van der Waals surface area (Å²) >= 11 is 0.